The molecule has 0 amide bonds. The molecule has 2 heterocycles. The lowest BCUT2D eigenvalue weighted by atomic mass is 10.0. The summed E-state index contributed by atoms with van der Waals surface area (Å²) in [7, 11) is 0. The van der Waals surface area contributed by atoms with Gasteiger partial charge in [-0.2, -0.15) is 0 Å². The summed E-state index contributed by atoms with van der Waals surface area (Å²) in [6, 6.07) is 9.91. The van der Waals surface area contributed by atoms with E-state index in [2.05, 4.69) is 0 Å². The Bertz CT molecular complexity index is 441. The van der Waals surface area contributed by atoms with E-state index in [0.29, 0.717) is 32.8 Å². The molecule has 0 aromatic heterocycles. The van der Waals surface area contributed by atoms with E-state index in [1.807, 2.05) is 30.3 Å². The van der Waals surface area contributed by atoms with Crippen molar-refractivity contribution in [3.05, 3.63) is 35.9 Å². The summed E-state index contributed by atoms with van der Waals surface area (Å²) < 4.78 is 21.9. The van der Waals surface area contributed by atoms with Crippen molar-refractivity contribution in [2.45, 2.75) is 25.4 Å². The van der Waals surface area contributed by atoms with Crippen molar-refractivity contribution in [1.82, 2.24) is 0 Å². The molecule has 0 bridgehead atoms. The van der Waals surface area contributed by atoms with Gasteiger partial charge in [-0.25, -0.2) is 0 Å². The first-order valence-corrected chi connectivity index (χ1v) is 6.87. The number of hydrogen-bond acceptors (Lipinski definition) is 5. The Hall–Kier alpha value is -1.43. The molecule has 108 valence electrons. The topological polar surface area (TPSA) is 54.0 Å². The van der Waals surface area contributed by atoms with Crippen LogP contribution in [-0.4, -0.2) is 38.2 Å². The highest BCUT2D eigenvalue weighted by atomic mass is 16.7. The second-order valence-corrected chi connectivity index (χ2v) is 5.01. The predicted octanol–water partition coefficient (Wildman–Crippen LogP) is 1.51. The number of carbonyl (C=O) groups is 1. The third kappa shape index (κ3) is 3.17. The third-order valence-corrected chi connectivity index (χ3v) is 3.55. The van der Waals surface area contributed by atoms with Gasteiger partial charge in [-0.15, -0.1) is 0 Å². The monoisotopic (exact) mass is 278 g/mol. The Morgan fingerprint density at radius 1 is 1.15 bits per heavy atom. The van der Waals surface area contributed by atoms with Gasteiger partial charge in [-0.3, -0.25) is 4.79 Å². The van der Waals surface area contributed by atoms with E-state index in [1.54, 1.807) is 0 Å². The lowest BCUT2D eigenvalue weighted by Crippen LogP contribution is -2.32. The maximum absolute atomic E-state index is 11.5. The van der Waals surface area contributed by atoms with Gasteiger partial charge < -0.3 is 18.9 Å². The van der Waals surface area contributed by atoms with E-state index in [1.165, 1.54) is 0 Å². The zero-order valence-electron chi connectivity index (χ0n) is 11.2. The highest BCUT2D eigenvalue weighted by Crippen LogP contribution is 2.30. The fourth-order valence-corrected chi connectivity index (χ4v) is 2.55. The Kier molecular flexibility index (Phi) is 4.30. The highest BCUT2D eigenvalue weighted by molar-refractivity contribution is 5.72. The van der Waals surface area contributed by atoms with Gasteiger partial charge in [0.05, 0.1) is 38.8 Å². The van der Waals surface area contributed by atoms with Crippen LogP contribution in [0.3, 0.4) is 0 Å². The quantitative estimate of drug-likeness (QED) is 0.764. The van der Waals surface area contributed by atoms with Crippen molar-refractivity contribution in [1.29, 1.82) is 0 Å². The van der Waals surface area contributed by atoms with Gasteiger partial charge in [0.1, 0.15) is 6.10 Å². The van der Waals surface area contributed by atoms with Gasteiger partial charge in [0.2, 0.25) is 0 Å². The lowest BCUT2D eigenvalue weighted by Gasteiger charge is -2.21. The summed E-state index contributed by atoms with van der Waals surface area (Å²) in [5.74, 6) is -0.275. The molecule has 0 aliphatic carbocycles. The first kappa shape index (κ1) is 13.5. The Morgan fingerprint density at radius 3 is 2.65 bits per heavy atom. The molecule has 3 rings (SSSR count). The summed E-state index contributed by atoms with van der Waals surface area (Å²) in [5, 5.41) is 0. The highest BCUT2D eigenvalue weighted by Gasteiger charge is 2.42. The summed E-state index contributed by atoms with van der Waals surface area (Å²) in [6.45, 7) is 2.03. The molecule has 0 spiro atoms. The molecule has 5 heteroatoms. The minimum absolute atomic E-state index is 0.0687. The fourth-order valence-electron chi connectivity index (χ4n) is 2.55. The fraction of sp³-hybridized carbons (Fsp3) is 0.533. The number of carbonyl (C=O) groups excluding carboxylic acids is 1. The van der Waals surface area contributed by atoms with Crippen molar-refractivity contribution in [2.75, 3.05) is 19.8 Å². The molecular weight excluding hydrogens is 260 g/mol. The van der Waals surface area contributed by atoms with Crippen LogP contribution in [0.4, 0.5) is 0 Å². The van der Waals surface area contributed by atoms with Gasteiger partial charge >= 0.3 is 5.97 Å². The lowest BCUT2D eigenvalue weighted by molar-refractivity contribution is -0.146. The molecule has 2 atom stereocenters. The van der Waals surface area contributed by atoms with E-state index in [4.69, 9.17) is 18.9 Å². The molecule has 0 radical (unpaired) electrons. The number of rotatable bonds is 5. The SMILES string of the molecule is O=C1CC(C2OCCO2)C(COCc2ccccc2)O1. The number of esters is 1. The van der Waals surface area contributed by atoms with Crippen LogP contribution < -0.4 is 0 Å². The van der Waals surface area contributed by atoms with E-state index < -0.39 is 0 Å². The standard InChI is InChI=1S/C15H18O5/c16-14-8-12(15-18-6-7-19-15)13(20-14)10-17-9-11-4-2-1-3-5-11/h1-5,12-13,15H,6-10H2. The molecule has 2 fully saturated rings. The summed E-state index contributed by atoms with van der Waals surface area (Å²) >= 11 is 0. The number of hydrogen-bond donors (Lipinski definition) is 0. The molecule has 2 aliphatic rings. The molecule has 0 N–H and O–H groups in total. The first-order valence-electron chi connectivity index (χ1n) is 6.87. The second kappa shape index (κ2) is 6.35. The van der Waals surface area contributed by atoms with Crippen LogP contribution in [0.1, 0.15) is 12.0 Å². The van der Waals surface area contributed by atoms with E-state index >= 15 is 0 Å². The summed E-state index contributed by atoms with van der Waals surface area (Å²) in [5.41, 5.74) is 1.10. The van der Waals surface area contributed by atoms with Crippen LogP contribution in [0.25, 0.3) is 0 Å². The predicted molar refractivity (Wildman–Crippen MR) is 69.8 cm³/mol. The molecule has 2 aliphatic heterocycles. The van der Waals surface area contributed by atoms with Gasteiger partial charge in [0.25, 0.3) is 0 Å². The van der Waals surface area contributed by atoms with Gasteiger partial charge in [0, 0.05) is 0 Å². The normalized spacial score (nSPS) is 26.9. The molecule has 1 aromatic rings. The Labute approximate surface area is 117 Å². The average molecular weight is 278 g/mol. The van der Waals surface area contributed by atoms with Gasteiger partial charge in [-0.1, -0.05) is 30.3 Å². The van der Waals surface area contributed by atoms with E-state index in [0.717, 1.165) is 5.56 Å². The maximum atomic E-state index is 11.5. The van der Waals surface area contributed by atoms with Crippen LogP contribution in [0.5, 0.6) is 0 Å². The van der Waals surface area contributed by atoms with E-state index in [-0.39, 0.29) is 24.3 Å². The smallest absolute Gasteiger partial charge is 0.306 e. The molecule has 1 aromatic carbocycles. The molecule has 2 unspecified atom stereocenters. The third-order valence-electron chi connectivity index (χ3n) is 3.55. The average Bonchev–Trinajstić information content (AvgIpc) is 3.09. The zero-order chi connectivity index (χ0) is 13.8. The van der Waals surface area contributed by atoms with Crippen molar-refractivity contribution >= 4 is 5.97 Å². The van der Waals surface area contributed by atoms with Crippen molar-refractivity contribution < 1.29 is 23.7 Å². The van der Waals surface area contributed by atoms with Crippen LogP contribution in [0, 0.1) is 5.92 Å². The largest absolute Gasteiger partial charge is 0.459 e. The summed E-state index contributed by atoms with van der Waals surface area (Å²) in [4.78, 5) is 11.5. The number of ether oxygens (including phenoxy) is 4. The van der Waals surface area contributed by atoms with Crippen LogP contribution in [0.2, 0.25) is 0 Å². The van der Waals surface area contributed by atoms with Gasteiger partial charge in [0.15, 0.2) is 6.29 Å². The molecule has 20 heavy (non-hydrogen) atoms. The molecule has 5 nitrogen and oxygen atoms in total. The number of cyclic esters (lactones) is 1. The first-order chi connectivity index (χ1) is 9.83. The number of benzene rings is 1. The van der Waals surface area contributed by atoms with Gasteiger partial charge in [-0.05, 0) is 5.56 Å². The van der Waals surface area contributed by atoms with Crippen LogP contribution in [0.15, 0.2) is 30.3 Å². The van der Waals surface area contributed by atoms with E-state index in [9.17, 15) is 4.79 Å². The molecule has 0 saturated carbocycles. The second-order valence-electron chi connectivity index (χ2n) is 5.01. The minimum Gasteiger partial charge on any atom is -0.459 e. The van der Waals surface area contributed by atoms with Crippen molar-refractivity contribution in [2.24, 2.45) is 5.92 Å². The summed E-state index contributed by atoms with van der Waals surface area (Å²) in [6.07, 6.45) is -0.287. The Morgan fingerprint density at radius 2 is 1.90 bits per heavy atom. The molecular formula is C15H18O5. The minimum atomic E-state index is -0.341. The Balaban J connectivity index is 1.51. The van der Waals surface area contributed by atoms with Crippen molar-refractivity contribution in [3.63, 3.8) is 0 Å². The van der Waals surface area contributed by atoms with Crippen LogP contribution in [-0.2, 0) is 30.3 Å². The zero-order valence-corrected chi connectivity index (χ0v) is 11.2. The molecule has 2 saturated heterocycles. The maximum Gasteiger partial charge on any atom is 0.306 e. The van der Waals surface area contributed by atoms with Crippen molar-refractivity contribution in [3.8, 4) is 0 Å². The van der Waals surface area contributed by atoms with Crippen LogP contribution >= 0.6 is 0 Å².